The first-order valence-electron chi connectivity index (χ1n) is 11.5. The number of nitrogens with one attached hydrogen (secondary N) is 1. The fraction of sp³-hybridized carbons (Fsp3) is 0.214. The molecule has 0 saturated heterocycles. The number of anilines is 1. The first-order chi connectivity index (χ1) is 17.3. The number of methoxy groups -OCH3 is 1. The summed E-state index contributed by atoms with van der Waals surface area (Å²) in [5.74, 6) is -3.68. The lowest BCUT2D eigenvalue weighted by Gasteiger charge is -2.30. The number of hydrogen-bond acceptors (Lipinski definition) is 4. The zero-order valence-corrected chi connectivity index (χ0v) is 20.2. The van der Waals surface area contributed by atoms with Crippen molar-refractivity contribution in [2.75, 3.05) is 18.6 Å². The molecule has 4 rings (SSSR count). The van der Waals surface area contributed by atoms with Gasteiger partial charge in [-0.05, 0) is 79.9 Å². The third-order valence-electron chi connectivity index (χ3n) is 6.37. The Kier molecular flexibility index (Phi) is 7.15. The molecule has 1 aliphatic rings. The number of carbonyl (C=O) groups excluding carboxylic acids is 1. The number of benzene rings is 3. The Morgan fingerprint density at radius 2 is 1.78 bits per heavy atom. The summed E-state index contributed by atoms with van der Waals surface area (Å²) >= 11 is 0. The van der Waals surface area contributed by atoms with Crippen molar-refractivity contribution in [1.82, 2.24) is 5.43 Å². The summed E-state index contributed by atoms with van der Waals surface area (Å²) in [6.45, 7) is 4.54. The van der Waals surface area contributed by atoms with E-state index in [1.807, 2.05) is 38.1 Å². The van der Waals surface area contributed by atoms with E-state index in [0.717, 1.165) is 29.1 Å². The second-order valence-corrected chi connectivity index (χ2v) is 8.65. The van der Waals surface area contributed by atoms with Gasteiger partial charge in [0.15, 0.2) is 17.5 Å². The Balaban J connectivity index is 1.72. The highest BCUT2D eigenvalue weighted by molar-refractivity contribution is 5.94. The molecule has 0 saturated carbocycles. The maximum Gasteiger partial charge on any atom is 0.271 e. The quantitative estimate of drug-likeness (QED) is 0.259. The molecule has 0 radical (unpaired) electrons. The third-order valence-corrected chi connectivity index (χ3v) is 6.37. The lowest BCUT2D eigenvalue weighted by atomic mass is 9.76. The van der Waals surface area contributed by atoms with E-state index in [4.69, 9.17) is 4.74 Å². The van der Waals surface area contributed by atoms with E-state index in [0.29, 0.717) is 23.4 Å². The van der Waals surface area contributed by atoms with Crippen LogP contribution in [0.15, 0.2) is 77.5 Å². The number of likely N-dealkylation sites (N-methyl/N-ethyl adjacent to an activating group) is 1. The van der Waals surface area contributed by atoms with Gasteiger partial charge in [-0.1, -0.05) is 18.2 Å². The largest absolute Gasteiger partial charge is 0.497 e. The maximum absolute atomic E-state index is 14.0. The van der Waals surface area contributed by atoms with Crippen LogP contribution in [0, 0.1) is 17.5 Å². The predicted molar refractivity (Wildman–Crippen MR) is 134 cm³/mol. The highest BCUT2D eigenvalue weighted by Gasteiger charge is 2.43. The summed E-state index contributed by atoms with van der Waals surface area (Å²) in [5.41, 5.74) is 5.13. The first kappa shape index (κ1) is 25.0. The SMILES string of the molecule is CCN1/C(=C\C=N\NC(=O)c2ccccc2)C(C)(Cc2cc(F)c(F)c(F)c2)c2cc(OC)ccc21. The van der Waals surface area contributed by atoms with Crippen LogP contribution in [-0.4, -0.2) is 25.8 Å². The molecule has 36 heavy (non-hydrogen) atoms. The van der Waals surface area contributed by atoms with E-state index in [9.17, 15) is 18.0 Å². The molecule has 3 aromatic carbocycles. The minimum absolute atomic E-state index is 0.188. The molecule has 3 aromatic rings. The summed E-state index contributed by atoms with van der Waals surface area (Å²) in [6.07, 6.45) is 3.43. The van der Waals surface area contributed by atoms with Gasteiger partial charge < -0.3 is 9.64 Å². The van der Waals surface area contributed by atoms with Crippen LogP contribution in [0.4, 0.5) is 18.9 Å². The van der Waals surface area contributed by atoms with Crippen LogP contribution in [0.2, 0.25) is 0 Å². The van der Waals surface area contributed by atoms with Crippen molar-refractivity contribution < 1.29 is 22.7 Å². The standard InChI is InChI=1S/C28H26F3N3O2/c1-4-34-24-11-10-20(36-3)16-21(24)28(2,17-18-14-22(29)26(31)23(30)15-18)25(34)12-13-32-33-27(35)19-8-6-5-7-9-19/h5-16H,4,17H2,1-3H3,(H,33,35)/b25-12-,32-13+. The average Bonchev–Trinajstić information content (AvgIpc) is 3.11. The lowest BCUT2D eigenvalue weighted by molar-refractivity contribution is 0.0955. The van der Waals surface area contributed by atoms with Gasteiger partial charge in [-0.15, -0.1) is 0 Å². The molecule has 186 valence electrons. The van der Waals surface area contributed by atoms with Crippen LogP contribution in [0.25, 0.3) is 0 Å². The molecule has 0 bridgehead atoms. The van der Waals surface area contributed by atoms with E-state index in [-0.39, 0.29) is 12.3 Å². The van der Waals surface area contributed by atoms with E-state index in [1.165, 1.54) is 6.21 Å². The number of halogens is 3. The molecular formula is C28H26F3N3O2. The number of hydrogen-bond donors (Lipinski definition) is 1. The summed E-state index contributed by atoms with van der Waals surface area (Å²) in [6, 6.07) is 16.4. The van der Waals surface area contributed by atoms with Gasteiger partial charge >= 0.3 is 0 Å². The van der Waals surface area contributed by atoms with Crippen molar-refractivity contribution in [1.29, 1.82) is 0 Å². The van der Waals surface area contributed by atoms with Gasteiger partial charge in [0.2, 0.25) is 0 Å². The average molecular weight is 494 g/mol. The number of ether oxygens (including phenoxy) is 1. The van der Waals surface area contributed by atoms with E-state index >= 15 is 0 Å². The smallest absolute Gasteiger partial charge is 0.271 e. The van der Waals surface area contributed by atoms with Crippen LogP contribution < -0.4 is 15.1 Å². The van der Waals surface area contributed by atoms with E-state index < -0.39 is 22.9 Å². The summed E-state index contributed by atoms with van der Waals surface area (Å²) in [7, 11) is 1.56. The number of nitrogens with zero attached hydrogens (tertiary/aromatic N) is 2. The Labute approximate surface area is 207 Å². The van der Waals surface area contributed by atoms with Crippen molar-refractivity contribution in [3.8, 4) is 5.75 Å². The molecule has 0 fully saturated rings. The molecule has 1 N–H and O–H groups in total. The third kappa shape index (κ3) is 4.71. The molecular weight excluding hydrogens is 467 g/mol. The van der Waals surface area contributed by atoms with Crippen LogP contribution in [0.1, 0.15) is 35.3 Å². The number of amides is 1. The van der Waals surface area contributed by atoms with Crippen molar-refractivity contribution >= 4 is 17.8 Å². The molecule has 0 spiro atoms. The second kappa shape index (κ2) is 10.3. The molecule has 1 heterocycles. The molecule has 5 nitrogen and oxygen atoms in total. The number of allylic oxidation sites excluding steroid dienone is 2. The van der Waals surface area contributed by atoms with Crippen LogP contribution >= 0.6 is 0 Å². The van der Waals surface area contributed by atoms with Crippen molar-refractivity contribution in [2.24, 2.45) is 5.10 Å². The molecule has 1 amide bonds. The highest BCUT2D eigenvalue weighted by Crippen LogP contribution is 2.50. The topological polar surface area (TPSA) is 53.9 Å². The molecule has 0 aromatic heterocycles. The molecule has 1 atom stereocenters. The minimum Gasteiger partial charge on any atom is -0.497 e. The lowest BCUT2D eigenvalue weighted by Crippen LogP contribution is -2.31. The highest BCUT2D eigenvalue weighted by atomic mass is 19.2. The Morgan fingerprint density at radius 1 is 1.08 bits per heavy atom. The summed E-state index contributed by atoms with van der Waals surface area (Å²) in [4.78, 5) is 14.4. The first-order valence-corrected chi connectivity index (χ1v) is 11.5. The van der Waals surface area contributed by atoms with E-state index in [1.54, 1.807) is 37.5 Å². The summed E-state index contributed by atoms with van der Waals surface area (Å²) < 4.78 is 47.1. The molecule has 1 unspecified atom stereocenters. The zero-order valence-electron chi connectivity index (χ0n) is 20.2. The number of hydrazone groups is 1. The van der Waals surface area contributed by atoms with Crippen molar-refractivity contribution in [3.05, 3.63) is 107 Å². The Morgan fingerprint density at radius 3 is 2.42 bits per heavy atom. The van der Waals surface area contributed by atoms with Crippen LogP contribution in [0.3, 0.4) is 0 Å². The summed E-state index contributed by atoms with van der Waals surface area (Å²) in [5, 5.41) is 4.07. The van der Waals surface area contributed by atoms with Crippen molar-refractivity contribution in [2.45, 2.75) is 25.7 Å². The van der Waals surface area contributed by atoms with Gasteiger partial charge in [0, 0.05) is 35.1 Å². The fourth-order valence-corrected chi connectivity index (χ4v) is 4.66. The van der Waals surface area contributed by atoms with E-state index in [2.05, 4.69) is 15.4 Å². The minimum atomic E-state index is -1.50. The van der Waals surface area contributed by atoms with Gasteiger partial charge in [0.1, 0.15) is 5.75 Å². The van der Waals surface area contributed by atoms with Crippen LogP contribution in [-0.2, 0) is 11.8 Å². The normalized spacial score (nSPS) is 18.1. The molecule has 1 aliphatic heterocycles. The van der Waals surface area contributed by atoms with Gasteiger partial charge in [0.05, 0.1) is 7.11 Å². The number of carbonyl (C=O) groups is 1. The fourth-order valence-electron chi connectivity index (χ4n) is 4.66. The Bertz CT molecular complexity index is 1320. The monoisotopic (exact) mass is 493 g/mol. The van der Waals surface area contributed by atoms with Crippen molar-refractivity contribution in [3.63, 3.8) is 0 Å². The maximum atomic E-state index is 14.0. The Hall–Kier alpha value is -4.07. The second-order valence-electron chi connectivity index (χ2n) is 8.65. The van der Waals surface area contributed by atoms with Gasteiger partial charge in [0.25, 0.3) is 5.91 Å². The molecule has 0 aliphatic carbocycles. The predicted octanol–water partition coefficient (Wildman–Crippen LogP) is 5.75. The number of fused-ring (bicyclic) bond motifs is 1. The van der Waals surface area contributed by atoms with Gasteiger partial charge in [-0.2, -0.15) is 5.10 Å². The molecule has 8 heteroatoms. The zero-order chi connectivity index (χ0) is 25.9. The van der Waals surface area contributed by atoms with Gasteiger partial charge in [-0.3, -0.25) is 4.79 Å². The van der Waals surface area contributed by atoms with Gasteiger partial charge in [-0.25, -0.2) is 18.6 Å². The van der Waals surface area contributed by atoms with Crippen LogP contribution in [0.5, 0.6) is 5.75 Å². The number of rotatable bonds is 7.